The molecule has 2 saturated heterocycles. The molecule has 30 heavy (non-hydrogen) atoms. The number of nitrogens with two attached hydrogens (primary N) is 1. The first kappa shape index (κ1) is 20.0. The minimum atomic E-state index is -4.08. The molecule has 14 heteroatoms. The van der Waals surface area contributed by atoms with Gasteiger partial charge in [0.25, 0.3) is 5.85 Å². The summed E-state index contributed by atoms with van der Waals surface area (Å²) in [7, 11) is -4.08. The SMILES string of the molecule is CCOc1nc(N)nc2c1ncn2[C@@H]1O[C@]2(F)C3OP(=O)(OC(C)C)O[C@]32[C@@]1(C)O. The number of alkyl halides is 1. The van der Waals surface area contributed by atoms with Gasteiger partial charge in [-0.2, -0.15) is 9.97 Å². The molecule has 12 nitrogen and oxygen atoms in total. The van der Waals surface area contributed by atoms with E-state index in [1.54, 1.807) is 20.8 Å². The van der Waals surface area contributed by atoms with Crippen LogP contribution in [-0.2, 0) is 22.9 Å². The first-order valence-corrected chi connectivity index (χ1v) is 10.8. The molecule has 164 valence electrons. The maximum Gasteiger partial charge on any atom is 0.476 e. The minimum Gasteiger partial charge on any atom is -0.476 e. The lowest BCUT2D eigenvalue weighted by molar-refractivity contribution is -0.170. The molecule has 5 rings (SSSR count). The predicted octanol–water partition coefficient (Wildman–Crippen LogP) is 1.45. The lowest BCUT2D eigenvalue weighted by Crippen LogP contribution is -2.48. The number of nitrogen functional groups attached to an aromatic ring is 1. The summed E-state index contributed by atoms with van der Waals surface area (Å²) in [6, 6.07) is 0. The van der Waals surface area contributed by atoms with E-state index >= 15 is 4.39 Å². The molecule has 6 atom stereocenters. The van der Waals surface area contributed by atoms with Crippen LogP contribution in [0.25, 0.3) is 11.2 Å². The van der Waals surface area contributed by atoms with Crippen LogP contribution in [0.2, 0.25) is 0 Å². The number of hydrogen-bond acceptors (Lipinski definition) is 11. The second-order valence-electron chi connectivity index (χ2n) is 7.82. The van der Waals surface area contributed by atoms with Crippen LogP contribution < -0.4 is 10.5 Å². The number of halogens is 1. The van der Waals surface area contributed by atoms with Crippen molar-refractivity contribution < 1.29 is 37.1 Å². The Kier molecular flexibility index (Phi) is 3.92. The molecular weight excluding hydrogens is 424 g/mol. The molecule has 0 radical (unpaired) electrons. The van der Waals surface area contributed by atoms with Crippen LogP contribution in [0.5, 0.6) is 5.88 Å². The van der Waals surface area contributed by atoms with Crippen molar-refractivity contribution in [1.82, 2.24) is 19.5 Å². The normalized spacial score (nSPS) is 42.0. The van der Waals surface area contributed by atoms with Gasteiger partial charge < -0.3 is 20.3 Å². The lowest BCUT2D eigenvalue weighted by atomic mass is 9.95. The monoisotopic (exact) mass is 445 g/mol. The number of imidazole rings is 1. The van der Waals surface area contributed by atoms with Crippen LogP contribution in [-0.4, -0.2) is 60.5 Å². The van der Waals surface area contributed by atoms with Crippen molar-refractivity contribution in [2.45, 2.75) is 63.2 Å². The van der Waals surface area contributed by atoms with Gasteiger partial charge in [-0.25, -0.2) is 13.9 Å². The molecule has 3 fully saturated rings. The zero-order valence-corrected chi connectivity index (χ0v) is 17.5. The summed E-state index contributed by atoms with van der Waals surface area (Å²) in [5.41, 5.74) is 2.11. The number of aliphatic hydroxyl groups is 1. The maximum absolute atomic E-state index is 15.6. The Balaban J connectivity index is 1.56. The van der Waals surface area contributed by atoms with Crippen molar-refractivity contribution in [2.75, 3.05) is 12.3 Å². The summed E-state index contributed by atoms with van der Waals surface area (Å²) in [5, 5.41) is 11.3. The smallest absolute Gasteiger partial charge is 0.476 e. The number of anilines is 1. The van der Waals surface area contributed by atoms with E-state index in [0.717, 1.165) is 0 Å². The fourth-order valence-corrected chi connectivity index (χ4v) is 6.15. The van der Waals surface area contributed by atoms with Crippen LogP contribution in [0.15, 0.2) is 6.33 Å². The molecule has 1 saturated carbocycles. The van der Waals surface area contributed by atoms with Crippen molar-refractivity contribution in [3.63, 3.8) is 0 Å². The van der Waals surface area contributed by atoms with E-state index in [9.17, 15) is 9.67 Å². The molecule has 3 N–H and O–H groups in total. The maximum atomic E-state index is 15.6. The van der Waals surface area contributed by atoms with Crippen molar-refractivity contribution >= 4 is 24.9 Å². The van der Waals surface area contributed by atoms with Gasteiger partial charge >= 0.3 is 7.82 Å². The Hall–Kier alpha value is -1.89. The van der Waals surface area contributed by atoms with E-state index in [4.69, 9.17) is 28.8 Å². The molecule has 4 heterocycles. The number of aromatic nitrogens is 4. The first-order chi connectivity index (χ1) is 14.0. The third-order valence-corrected chi connectivity index (χ3v) is 7.08. The largest absolute Gasteiger partial charge is 0.476 e. The Morgan fingerprint density at radius 3 is 2.87 bits per heavy atom. The topological polar surface area (TPSA) is 153 Å². The van der Waals surface area contributed by atoms with Crippen LogP contribution in [0.4, 0.5) is 10.3 Å². The summed E-state index contributed by atoms with van der Waals surface area (Å²) in [6.07, 6.45) is -1.97. The Morgan fingerprint density at radius 2 is 2.20 bits per heavy atom. The van der Waals surface area contributed by atoms with E-state index in [-0.39, 0.29) is 23.0 Å². The van der Waals surface area contributed by atoms with Gasteiger partial charge in [0.15, 0.2) is 23.5 Å². The average Bonchev–Trinajstić information content (AvgIpc) is 3.00. The van der Waals surface area contributed by atoms with E-state index in [1.807, 2.05) is 0 Å². The van der Waals surface area contributed by atoms with Crippen LogP contribution >= 0.6 is 7.82 Å². The molecule has 2 unspecified atom stereocenters. The zero-order valence-electron chi connectivity index (χ0n) is 16.6. The fourth-order valence-electron chi connectivity index (χ4n) is 4.20. The number of phosphoric acid groups is 1. The Morgan fingerprint density at radius 1 is 1.47 bits per heavy atom. The van der Waals surface area contributed by atoms with Crippen molar-refractivity contribution in [3.8, 4) is 5.88 Å². The van der Waals surface area contributed by atoms with E-state index in [0.29, 0.717) is 6.61 Å². The predicted molar refractivity (Wildman–Crippen MR) is 98.0 cm³/mol. The van der Waals surface area contributed by atoms with Gasteiger partial charge in [-0.1, -0.05) is 0 Å². The second-order valence-corrected chi connectivity index (χ2v) is 9.32. The van der Waals surface area contributed by atoms with Gasteiger partial charge in [-0.3, -0.25) is 18.1 Å². The summed E-state index contributed by atoms with van der Waals surface area (Å²) >= 11 is 0. The number of fused-ring (bicyclic) bond motifs is 2. The van der Waals surface area contributed by atoms with E-state index < -0.39 is 43.3 Å². The Labute approximate surface area is 170 Å². The summed E-state index contributed by atoms with van der Waals surface area (Å²) in [5.74, 6) is -2.49. The highest BCUT2D eigenvalue weighted by molar-refractivity contribution is 7.49. The van der Waals surface area contributed by atoms with Crippen LogP contribution in [0.3, 0.4) is 0 Å². The highest BCUT2D eigenvalue weighted by atomic mass is 31.2. The van der Waals surface area contributed by atoms with Gasteiger partial charge in [-0.15, -0.1) is 0 Å². The molecule has 0 aromatic carbocycles. The first-order valence-electron chi connectivity index (χ1n) is 9.38. The van der Waals surface area contributed by atoms with Gasteiger partial charge in [0.1, 0.15) is 5.60 Å². The number of nitrogens with zero attached hydrogens (tertiary/aromatic N) is 4. The molecule has 0 amide bonds. The molecule has 2 aromatic rings. The molecule has 2 aromatic heterocycles. The average molecular weight is 445 g/mol. The summed E-state index contributed by atoms with van der Waals surface area (Å²) < 4.78 is 56.4. The summed E-state index contributed by atoms with van der Waals surface area (Å²) in [4.78, 5) is 12.3. The molecule has 1 aliphatic carbocycles. The fraction of sp³-hybridized carbons (Fsp3) is 0.688. The highest BCUT2D eigenvalue weighted by Gasteiger charge is 3.01. The molecule has 2 aliphatic heterocycles. The Bertz CT molecular complexity index is 1100. The van der Waals surface area contributed by atoms with Crippen LogP contribution in [0, 0.1) is 0 Å². The van der Waals surface area contributed by atoms with Crippen molar-refractivity contribution in [2.24, 2.45) is 0 Å². The quantitative estimate of drug-likeness (QED) is 0.643. The number of rotatable bonds is 5. The van der Waals surface area contributed by atoms with Gasteiger partial charge in [0, 0.05) is 0 Å². The van der Waals surface area contributed by atoms with E-state index in [1.165, 1.54) is 17.8 Å². The second kappa shape index (κ2) is 5.87. The number of phosphoric ester groups is 1. The van der Waals surface area contributed by atoms with Gasteiger partial charge in [0.2, 0.25) is 17.4 Å². The lowest BCUT2D eigenvalue weighted by Gasteiger charge is -2.31. The minimum absolute atomic E-state index is 0.100. The molecule has 1 spiro atoms. The van der Waals surface area contributed by atoms with E-state index in [2.05, 4.69) is 15.0 Å². The standard InChI is InChI=1S/C16H21FN5O7P/c1-5-25-10-8-9(20-13(18)21-10)22(6-19-8)12-14(4,23)15-11(16(15,17)26-12)28-30(24,29-15)27-7(2)3/h6-7,11-12,23H,5H2,1-4H3,(H2,18,20,21)/t11?,12-,14+,15+,16-,30?/m1/s1. The van der Waals surface area contributed by atoms with Gasteiger partial charge in [0.05, 0.1) is 19.0 Å². The van der Waals surface area contributed by atoms with Crippen LogP contribution in [0.1, 0.15) is 33.9 Å². The third kappa shape index (κ3) is 2.27. The summed E-state index contributed by atoms with van der Waals surface area (Å²) in [6.45, 7) is 6.62. The molecular formula is C16H21FN5O7P. The third-order valence-electron chi connectivity index (χ3n) is 5.42. The van der Waals surface area contributed by atoms with Gasteiger partial charge in [-0.05, 0) is 27.7 Å². The van der Waals surface area contributed by atoms with Crippen molar-refractivity contribution in [1.29, 1.82) is 0 Å². The molecule has 0 bridgehead atoms. The number of ether oxygens (including phenoxy) is 2. The highest BCUT2D eigenvalue weighted by Crippen LogP contribution is 2.82. The van der Waals surface area contributed by atoms with Crippen molar-refractivity contribution in [3.05, 3.63) is 6.33 Å². The number of hydrogen-bond donors (Lipinski definition) is 2. The molecule has 3 aliphatic rings. The zero-order chi connectivity index (χ0) is 21.7.